The first-order chi connectivity index (χ1) is 11.7. The Hall–Kier alpha value is -1.59. The van der Waals surface area contributed by atoms with Crippen LogP contribution in [0.15, 0.2) is 18.2 Å². The summed E-state index contributed by atoms with van der Waals surface area (Å²) in [4.78, 5) is 16.5. The van der Waals surface area contributed by atoms with Crippen LogP contribution in [0.1, 0.15) is 42.5 Å². The summed E-state index contributed by atoms with van der Waals surface area (Å²) in [7, 11) is 1.47. The second-order valence-corrected chi connectivity index (χ2v) is 6.78. The molecule has 1 atom stereocenters. The standard InChI is InChI=1S/C19H29N3O2/c1-3-4-18-17-6-5-15(14-21-11-8-20-9-12-21)13-16(17)7-10-22(18)19(23)24-2/h5-6,13,18,20H,3-4,7-12,14H2,1-2H3. The van der Waals surface area contributed by atoms with Crippen LogP contribution in [-0.4, -0.2) is 55.7 Å². The van der Waals surface area contributed by atoms with Gasteiger partial charge in [0.2, 0.25) is 0 Å². The highest BCUT2D eigenvalue weighted by Crippen LogP contribution is 2.34. The third-order valence-electron chi connectivity index (χ3n) is 5.15. The van der Waals surface area contributed by atoms with Crippen LogP contribution < -0.4 is 5.32 Å². The number of piperazine rings is 1. The first-order valence-electron chi connectivity index (χ1n) is 9.12. The number of methoxy groups -OCH3 is 1. The number of benzene rings is 1. The average molecular weight is 331 g/mol. The molecule has 1 aromatic rings. The highest BCUT2D eigenvalue weighted by molar-refractivity contribution is 5.69. The number of nitrogens with one attached hydrogen (secondary N) is 1. The van der Waals surface area contributed by atoms with Gasteiger partial charge in [-0.05, 0) is 29.5 Å². The largest absolute Gasteiger partial charge is 0.453 e. The van der Waals surface area contributed by atoms with Gasteiger partial charge in [-0.15, -0.1) is 0 Å². The molecule has 2 aliphatic heterocycles. The lowest BCUT2D eigenvalue weighted by Crippen LogP contribution is -2.43. The Bertz CT molecular complexity index is 570. The summed E-state index contributed by atoms with van der Waals surface area (Å²) in [6, 6.07) is 6.99. The smallest absolute Gasteiger partial charge is 0.410 e. The number of nitrogens with zero attached hydrogens (tertiary/aromatic N) is 2. The molecule has 0 spiro atoms. The van der Waals surface area contributed by atoms with Crippen LogP contribution in [0.5, 0.6) is 0 Å². The Morgan fingerprint density at radius 1 is 1.29 bits per heavy atom. The summed E-state index contributed by atoms with van der Waals surface area (Å²) in [5.74, 6) is 0. The van der Waals surface area contributed by atoms with Crippen molar-refractivity contribution in [2.75, 3.05) is 39.8 Å². The molecule has 0 radical (unpaired) electrons. The van der Waals surface area contributed by atoms with Gasteiger partial charge < -0.3 is 15.0 Å². The molecule has 1 saturated heterocycles. The molecule has 132 valence electrons. The monoisotopic (exact) mass is 331 g/mol. The van der Waals surface area contributed by atoms with Gasteiger partial charge in [0.1, 0.15) is 0 Å². The van der Waals surface area contributed by atoms with E-state index in [4.69, 9.17) is 4.74 Å². The number of carbonyl (C=O) groups is 1. The fraction of sp³-hybridized carbons (Fsp3) is 0.632. The molecule has 5 nitrogen and oxygen atoms in total. The number of rotatable bonds is 4. The van der Waals surface area contributed by atoms with Gasteiger partial charge in [0.15, 0.2) is 0 Å². The van der Waals surface area contributed by atoms with E-state index in [1.165, 1.54) is 23.8 Å². The normalized spacial score (nSPS) is 21.4. The summed E-state index contributed by atoms with van der Waals surface area (Å²) in [5.41, 5.74) is 4.09. The number of hydrogen-bond donors (Lipinski definition) is 1. The predicted molar refractivity (Wildman–Crippen MR) is 95.1 cm³/mol. The molecule has 24 heavy (non-hydrogen) atoms. The summed E-state index contributed by atoms with van der Waals surface area (Å²) >= 11 is 0. The number of hydrogen-bond acceptors (Lipinski definition) is 4. The maximum atomic E-state index is 12.1. The van der Waals surface area contributed by atoms with Crippen LogP contribution >= 0.6 is 0 Å². The number of amides is 1. The number of fused-ring (bicyclic) bond motifs is 1. The van der Waals surface area contributed by atoms with E-state index in [0.29, 0.717) is 0 Å². The van der Waals surface area contributed by atoms with Gasteiger partial charge in [-0.25, -0.2) is 4.79 Å². The highest BCUT2D eigenvalue weighted by atomic mass is 16.5. The Kier molecular flexibility index (Phi) is 5.74. The maximum absolute atomic E-state index is 12.1. The van der Waals surface area contributed by atoms with Gasteiger partial charge in [-0.3, -0.25) is 4.90 Å². The molecule has 5 heteroatoms. The number of ether oxygens (including phenoxy) is 1. The summed E-state index contributed by atoms with van der Waals surface area (Å²) in [6.45, 7) is 8.34. The van der Waals surface area contributed by atoms with Crippen molar-refractivity contribution in [2.24, 2.45) is 0 Å². The van der Waals surface area contributed by atoms with E-state index < -0.39 is 0 Å². The second kappa shape index (κ2) is 7.99. The highest BCUT2D eigenvalue weighted by Gasteiger charge is 2.30. The van der Waals surface area contributed by atoms with Crippen LogP contribution in [0.4, 0.5) is 4.79 Å². The van der Waals surface area contributed by atoms with Gasteiger partial charge in [-0.2, -0.15) is 0 Å². The first kappa shape index (κ1) is 17.2. The van der Waals surface area contributed by atoms with E-state index in [2.05, 4.69) is 35.3 Å². The summed E-state index contributed by atoms with van der Waals surface area (Å²) in [5, 5.41) is 3.40. The molecule has 0 aromatic heterocycles. The molecule has 1 amide bonds. The van der Waals surface area contributed by atoms with Crippen molar-refractivity contribution in [1.82, 2.24) is 15.1 Å². The summed E-state index contributed by atoms with van der Waals surface area (Å²) in [6.07, 6.45) is 2.75. The van der Waals surface area contributed by atoms with Crippen molar-refractivity contribution in [3.8, 4) is 0 Å². The fourth-order valence-corrected chi connectivity index (χ4v) is 3.91. The maximum Gasteiger partial charge on any atom is 0.410 e. The molecule has 0 bridgehead atoms. The minimum Gasteiger partial charge on any atom is -0.453 e. The molecule has 1 fully saturated rings. The quantitative estimate of drug-likeness (QED) is 0.921. The predicted octanol–water partition coefficient (Wildman–Crippen LogP) is 2.56. The van der Waals surface area contributed by atoms with E-state index in [-0.39, 0.29) is 12.1 Å². The van der Waals surface area contributed by atoms with Crippen molar-refractivity contribution >= 4 is 6.09 Å². The zero-order valence-corrected chi connectivity index (χ0v) is 14.9. The molecule has 2 aliphatic rings. The third kappa shape index (κ3) is 3.73. The topological polar surface area (TPSA) is 44.8 Å². The number of carbonyl (C=O) groups excluding carboxylic acids is 1. The molecule has 2 heterocycles. The molecule has 3 rings (SSSR count). The molecule has 1 aromatic carbocycles. The second-order valence-electron chi connectivity index (χ2n) is 6.78. The van der Waals surface area contributed by atoms with Crippen molar-refractivity contribution in [3.05, 3.63) is 34.9 Å². The van der Waals surface area contributed by atoms with Crippen LogP contribution in [-0.2, 0) is 17.7 Å². The fourth-order valence-electron chi connectivity index (χ4n) is 3.91. The van der Waals surface area contributed by atoms with Crippen LogP contribution in [0.2, 0.25) is 0 Å². The van der Waals surface area contributed by atoms with Crippen molar-refractivity contribution in [3.63, 3.8) is 0 Å². The van der Waals surface area contributed by atoms with Crippen LogP contribution in [0.3, 0.4) is 0 Å². The van der Waals surface area contributed by atoms with Gasteiger partial charge in [0.05, 0.1) is 13.2 Å². The van der Waals surface area contributed by atoms with Crippen molar-refractivity contribution in [2.45, 2.75) is 38.8 Å². The molecule has 1 N–H and O–H groups in total. The molecular formula is C19H29N3O2. The lowest BCUT2D eigenvalue weighted by atomic mass is 9.89. The van der Waals surface area contributed by atoms with Crippen molar-refractivity contribution < 1.29 is 9.53 Å². The zero-order chi connectivity index (χ0) is 16.9. The lowest BCUT2D eigenvalue weighted by Gasteiger charge is -2.36. The van der Waals surface area contributed by atoms with Gasteiger partial charge in [-0.1, -0.05) is 31.5 Å². The van der Waals surface area contributed by atoms with E-state index >= 15 is 0 Å². The van der Waals surface area contributed by atoms with E-state index in [9.17, 15) is 4.79 Å². The Labute approximate surface area is 145 Å². The Morgan fingerprint density at radius 2 is 2.08 bits per heavy atom. The van der Waals surface area contributed by atoms with Gasteiger partial charge >= 0.3 is 6.09 Å². The zero-order valence-electron chi connectivity index (χ0n) is 14.9. The van der Waals surface area contributed by atoms with Crippen LogP contribution in [0.25, 0.3) is 0 Å². The lowest BCUT2D eigenvalue weighted by molar-refractivity contribution is 0.0981. The van der Waals surface area contributed by atoms with E-state index in [0.717, 1.165) is 58.5 Å². The van der Waals surface area contributed by atoms with E-state index in [1.807, 2.05) is 4.90 Å². The van der Waals surface area contributed by atoms with Gasteiger partial charge in [0, 0.05) is 39.3 Å². The summed E-state index contributed by atoms with van der Waals surface area (Å²) < 4.78 is 4.98. The SMILES string of the molecule is CCCC1c2ccc(CN3CCNCC3)cc2CCN1C(=O)OC. The van der Waals surface area contributed by atoms with Gasteiger partial charge in [0.25, 0.3) is 0 Å². The molecule has 1 unspecified atom stereocenters. The Balaban J connectivity index is 1.78. The minimum absolute atomic E-state index is 0.152. The first-order valence-corrected chi connectivity index (χ1v) is 9.12. The van der Waals surface area contributed by atoms with Crippen LogP contribution in [0, 0.1) is 0 Å². The minimum atomic E-state index is -0.205. The average Bonchev–Trinajstić information content (AvgIpc) is 2.62. The van der Waals surface area contributed by atoms with E-state index in [1.54, 1.807) is 0 Å². The molecular weight excluding hydrogens is 302 g/mol. The molecule has 0 aliphatic carbocycles. The molecule has 0 saturated carbocycles. The van der Waals surface area contributed by atoms with Crippen molar-refractivity contribution in [1.29, 1.82) is 0 Å². The third-order valence-corrected chi connectivity index (χ3v) is 5.15. The Morgan fingerprint density at radius 3 is 2.79 bits per heavy atom.